The molecule has 0 aromatic carbocycles. The molecule has 14 heavy (non-hydrogen) atoms. The maximum absolute atomic E-state index is 11.9. The average Bonchev–Trinajstić information content (AvgIpc) is 2.20. The van der Waals surface area contributed by atoms with Crippen molar-refractivity contribution >= 4 is 5.91 Å². The molecule has 0 saturated carbocycles. The first-order valence-electron chi connectivity index (χ1n) is 5.24. The molecule has 2 unspecified atom stereocenters. The minimum absolute atomic E-state index is 0.129. The van der Waals surface area contributed by atoms with Crippen LogP contribution in [0.3, 0.4) is 0 Å². The van der Waals surface area contributed by atoms with Gasteiger partial charge in [0, 0.05) is 32.8 Å². The van der Waals surface area contributed by atoms with Crippen molar-refractivity contribution in [2.45, 2.75) is 32.4 Å². The Balaban J connectivity index is 2.57. The number of nitrogens with one attached hydrogen (secondary N) is 1. The zero-order valence-electron chi connectivity index (χ0n) is 9.25. The van der Waals surface area contributed by atoms with Crippen LogP contribution in [0.25, 0.3) is 0 Å². The lowest BCUT2D eigenvalue weighted by Gasteiger charge is -2.35. The number of hydrogen-bond donors (Lipinski definition) is 1. The van der Waals surface area contributed by atoms with Gasteiger partial charge in [-0.15, -0.1) is 0 Å². The lowest BCUT2D eigenvalue weighted by atomic mass is 10.1. The summed E-state index contributed by atoms with van der Waals surface area (Å²) in [6, 6.07) is 0.278. The van der Waals surface area contributed by atoms with Gasteiger partial charge in [-0.3, -0.25) is 4.79 Å². The molecule has 4 heteroatoms. The molecule has 1 heterocycles. The minimum Gasteiger partial charge on any atom is -0.372 e. The molecule has 0 aliphatic carbocycles. The van der Waals surface area contributed by atoms with Crippen molar-refractivity contribution in [3.05, 3.63) is 0 Å². The van der Waals surface area contributed by atoms with E-state index in [4.69, 9.17) is 4.74 Å². The van der Waals surface area contributed by atoms with Crippen LogP contribution < -0.4 is 5.32 Å². The minimum atomic E-state index is -0.268. The van der Waals surface area contributed by atoms with Gasteiger partial charge in [0.05, 0.1) is 0 Å². The summed E-state index contributed by atoms with van der Waals surface area (Å²) in [6.45, 7) is 6.59. The van der Waals surface area contributed by atoms with E-state index in [2.05, 4.69) is 12.2 Å². The maximum atomic E-state index is 11.9. The molecule has 1 amide bonds. The molecule has 1 fully saturated rings. The molecule has 1 aliphatic rings. The second kappa shape index (κ2) is 5.32. The van der Waals surface area contributed by atoms with E-state index in [1.54, 1.807) is 7.11 Å². The number of amides is 1. The molecule has 0 aromatic rings. The van der Waals surface area contributed by atoms with E-state index in [9.17, 15) is 4.79 Å². The second-order valence-electron chi connectivity index (χ2n) is 3.72. The first-order chi connectivity index (χ1) is 6.70. The molecule has 1 aliphatic heterocycles. The van der Waals surface area contributed by atoms with Crippen LogP contribution in [0, 0.1) is 0 Å². The van der Waals surface area contributed by atoms with Crippen molar-refractivity contribution in [2.75, 3.05) is 26.7 Å². The van der Waals surface area contributed by atoms with Crippen LogP contribution in [0.5, 0.6) is 0 Å². The Kier molecular flexibility index (Phi) is 4.35. The van der Waals surface area contributed by atoms with Crippen molar-refractivity contribution in [3.63, 3.8) is 0 Å². The molecule has 1 N–H and O–H groups in total. The molecule has 0 spiro atoms. The number of carbonyl (C=O) groups is 1. The smallest absolute Gasteiger partial charge is 0.251 e. The molecular weight excluding hydrogens is 180 g/mol. The fourth-order valence-electron chi connectivity index (χ4n) is 1.80. The number of rotatable bonds is 3. The van der Waals surface area contributed by atoms with Gasteiger partial charge in [0.25, 0.3) is 5.91 Å². The van der Waals surface area contributed by atoms with Gasteiger partial charge >= 0.3 is 0 Å². The van der Waals surface area contributed by atoms with Gasteiger partial charge in [-0.05, 0) is 13.3 Å². The molecule has 0 aromatic heterocycles. The quantitative estimate of drug-likeness (QED) is 0.709. The number of methoxy groups -OCH3 is 1. The lowest BCUT2D eigenvalue weighted by Crippen LogP contribution is -2.55. The number of hydrogen-bond acceptors (Lipinski definition) is 3. The van der Waals surface area contributed by atoms with E-state index in [0.717, 1.165) is 26.1 Å². The molecule has 0 radical (unpaired) electrons. The highest BCUT2D eigenvalue weighted by atomic mass is 16.5. The third-order valence-electron chi connectivity index (χ3n) is 2.72. The van der Waals surface area contributed by atoms with Crippen molar-refractivity contribution in [1.82, 2.24) is 10.2 Å². The van der Waals surface area contributed by atoms with Crippen LogP contribution in [-0.4, -0.2) is 49.7 Å². The van der Waals surface area contributed by atoms with Crippen molar-refractivity contribution in [1.29, 1.82) is 0 Å². The molecule has 82 valence electrons. The molecule has 1 saturated heterocycles. The Labute approximate surface area is 85.6 Å². The highest BCUT2D eigenvalue weighted by Gasteiger charge is 2.27. The maximum Gasteiger partial charge on any atom is 0.251 e. The summed E-state index contributed by atoms with van der Waals surface area (Å²) < 4.78 is 5.15. The zero-order valence-corrected chi connectivity index (χ0v) is 9.25. The van der Waals surface area contributed by atoms with E-state index in [0.29, 0.717) is 0 Å². The highest BCUT2D eigenvalue weighted by molar-refractivity contribution is 5.81. The summed E-state index contributed by atoms with van der Waals surface area (Å²) in [5, 5.41) is 3.26. The normalized spacial score (nSPS) is 24.8. The predicted molar refractivity (Wildman–Crippen MR) is 55.1 cm³/mol. The first kappa shape index (κ1) is 11.5. The van der Waals surface area contributed by atoms with E-state index in [-0.39, 0.29) is 18.1 Å². The van der Waals surface area contributed by atoms with Crippen LogP contribution in [-0.2, 0) is 9.53 Å². The SMILES string of the molecule is CCC(OC)C(=O)N1CCNCC1C. The summed E-state index contributed by atoms with van der Waals surface area (Å²) in [5.74, 6) is 0.129. The Bertz CT molecular complexity index is 193. The van der Waals surface area contributed by atoms with Crippen molar-refractivity contribution < 1.29 is 9.53 Å². The molecule has 2 atom stereocenters. The molecule has 0 bridgehead atoms. The van der Waals surface area contributed by atoms with Gasteiger partial charge in [-0.25, -0.2) is 0 Å². The van der Waals surface area contributed by atoms with E-state index < -0.39 is 0 Å². The number of ether oxygens (including phenoxy) is 1. The first-order valence-corrected chi connectivity index (χ1v) is 5.24. The predicted octanol–water partition coefficient (Wildman–Crippen LogP) is 0.232. The topological polar surface area (TPSA) is 41.6 Å². The van der Waals surface area contributed by atoms with Gasteiger partial charge in [-0.2, -0.15) is 0 Å². The average molecular weight is 200 g/mol. The summed E-state index contributed by atoms with van der Waals surface area (Å²) in [5.41, 5.74) is 0. The van der Waals surface area contributed by atoms with Gasteiger partial charge in [0.15, 0.2) is 0 Å². The fourth-order valence-corrected chi connectivity index (χ4v) is 1.80. The molecule has 1 rings (SSSR count). The highest BCUT2D eigenvalue weighted by Crippen LogP contribution is 2.08. The molecule has 4 nitrogen and oxygen atoms in total. The largest absolute Gasteiger partial charge is 0.372 e. The number of piperazine rings is 1. The van der Waals surface area contributed by atoms with Crippen LogP contribution in [0.1, 0.15) is 20.3 Å². The summed E-state index contributed by atoms with van der Waals surface area (Å²) in [7, 11) is 1.60. The van der Waals surface area contributed by atoms with Crippen LogP contribution in [0.2, 0.25) is 0 Å². The standard InChI is InChI=1S/C10H20N2O2/c1-4-9(14-3)10(13)12-6-5-11-7-8(12)2/h8-9,11H,4-7H2,1-3H3. The van der Waals surface area contributed by atoms with E-state index in [1.165, 1.54) is 0 Å². The Morgan fingerprint density at radius 1 is 1.71 bits per heavy atom. The van der Waals surface area contributed by atoms with Gasteiger partial charge in [-0.1, -0.05) is 6.92 Å². The van der Waals surface area contributed by atoms with Gasteiger partial charge in [0.2, 0.25) is 0 Å². The van der Waals surface area contributed by atoms with E-state index in [1.807, 2.05) is 11.8 Å². The van der Waals surface area contributed by atoms with Crippen LogP contribution in [0.4, 0.5) is 0 Å². The van der Waals surface area contributed by atoms with Gasteiger partial charge < -0.3 is 15.0 Å². The van der Waals surface area contributed by atoms with Crippen molar-refractivity contribution in [2.24, 2.45) is 0 Å². The summed E-state index contributed by atoms with van der Waals surface area (Å²) in [4.78, 5) is 13.9. The fraction of sp³-hybridized carbons (Fsp3) is 0.900. The molecular formula is C10H20N2O2. The zero-order chi connectivity index (χ0) is 10.6. The van der Waals surface area contributed by atoms with Crippen LogP contribution in [0.15, 0.2) is 0 Å². The van der Waals surface area contributed by atoms with Crippen molar-refractivity contribution in [3.8, 4) is 0 Å². The Morgan fingerprint density at radius 2 is 2.43 bits per heavy atom. The Morgan fingerprint density at radius 3 is 2.93 bits per heavy atom. The van der Waals surface area contributed by atoms with E-state index >= 15 is 0 Å². The Hall–Kier alpha value is -0.610. The summed E-state index contributed by atoms with van der Waals surface area (Å²) in [6.07, 6.45) is 0.474. The number of nitrogens with zero attached hydrogens (tertiary/aromatic N) is 1. The number of carbonyl (C=O) groups excluding carboxylic acids is 1. The third kappa shape index (κ3) is 2.45. The monoisotopic (exact) mass is 200 g/mol. The second-order valence-corrected chi connectivity index (χ2v) is 3.72. The third-order valence-corrected chi connectivity index (χ3v) is 2.72. The van der Waals surface area contributed by atoms with Crippen LogP contribution >= 0.6 is 0 Å². The lowest BCUT2D eigenvalue weighted by molar-refractivity contribution is -0.145. The summed E-state index contributed by atoms with van der Waals surface area (Å²) >= 11 is 0. The van der Waals surface area contributed by atoms with Gasteiger partial charge in [0.1, 0.15) is 6.10 Å².